The zero-order valence-electron chi connectivity index (χ0n) is 41.5. The number of aliphatic carboxylic acids is 6. The predicted octanol–water partition coefficient (Wildman–Crippen LogP) is -0.378. The summed E-state index contributed by atoms with van der Waals surface area (Å²) in [6.45, 7) is 1.73. The first-order chi connectivity index (χ1) is 35.2. The number of carbonyl (C=O) groups is 10. The Balaban J connectivity index is 1.30. The molecule has 1 aliphatic carbocycles. The lowest BCUT2D eigenvalue weighted by Gasteiger charge is -2.33. The van der Waals surface area contributed by atoms with Crippen LogP contribution in [0.15, 0.2) is 42.5 Å². The van der Waals surface area contributed by atoms with Gasteiger partial charge in [-0.25, -0.2) is 14.4 Å². The van der Waals surface area contributed by atoms with Crippen LogP contribution in [-0.4, -0.2) is 220 Å². The maximum Gasteiger partial charge on any atom is 0.326 e. The van der Waals surface area contributed by atoms with Gasteiger partial charge < -0.3 is 57.2 Å². The van der Waals surface area contributed by atoms with Gasteiger partial charge in [-0.05, 0) is 73.6 Å². The molecule has 5 amide bonds. The van der Waals surface area contributed by atoms with Crippen molar-refractivity contribution in [2.45, 2.75) is 82.3 Å². The van der Waals surface area contributed by atoms with Gasteiger partial charge in [0.1, 0.15) is 18.1 Å². The lowest BCUT2D eigenvalue weighted by molar-refractivity contribution is -0.141. The fourth-order valence-electron chi connectivity index (χ4n) is 8.98. The summed E-state index contributed by atoms with van der Waals surface area (Å²) in [4.78, 5) is 129. The molecule has 0 aromatic heterocycles. The number of nitrogens with one attached hydrogen (secondary N) is 5. The second kappa shape index (κ2) is 30.9. The molecule has 408 valence electrons. The smallest absolute Gasteiger partial charge is 0.326 e. The van der Waals surface area contributed by atoms with E-state index < -0.39 is 84.6 Å². The lowest BCUT2D eigenvalue weighted by atomic mass is 9.81. The van der Waals surface area contributed by atoms with E-state index in [2.05, 4.69) is 26.6 Å². The molecular weight excluding hydrogens is 971 g/mol. The number of urea groups is 1. The van der Waals surface area contributed by atoms with Crippen molar-refractivity contribution < 1.29 is 78.6 Å². The first-order valence-electron chi connectivity index (χ1n) is 24.9. The zero-order chi connectivity index (χ0) is 54.2. The predicted molar refractivity (Wildman–Crippen MR) is 265 cm³/mol. The van der Waals surface area contributed by atoms with Crippen LogP contribution in [0.2, 0.25) is 0 Å². The number of fused-ring (bicyclic) bond motifs is 1. The van der Waals surface area contributed by atoms with E-state index >= 15 is 0 Å². The highest BCUT2D eigenvalue weighted by atomic mass is 16.4. The molecule has 2 aromatic rings. The molecule has 11 N–H and O–H groups in total. The minimum absolute atomic E-state index is 0.0283. The van der Waals surface area contributed by atoms with Crippen molar-refractivity contribution in [3.63, 3.8) is 0 Å². The number of carbonyl (C=O) groups excluding carboxylic acids is 4. The van der Waals surface area contributed by atoms with E-state index in [1.807, 2.05) is 47.4 Å². The van der Waals surface area contributed by atoms with Gasteiger partial charge >= 0.3 is 41.8 Å². The second-order valence-corrected chi connectivity index (χ2v) is 18.9. The summed E-state index contributed by atoms with van der Waals surface area (Å²) >= 11 is 0. The third kappa shape index (κ3) is 22.4. The van der Waals surface area contributed by atoms with Crippen LogP contribution in [0, 0.1) is 11.8 Å². The van der Waals surface area contributed by atoms with Gasteiger partial charge in [0.2, 0.25) is 17.7 Å². The molecule has 2 aromatic carbocycles. The Bertz CT molecular complexity index is 2230. The number of benzene rings is 2. The monoisotopic (exact) mass is 1040 g/mol. The molecule has 0 bridgehead atoms. The number of unbranched alkanes of at least 4 members (excludes halogenated alkanes) is 1. The van der Waals surface area contributed by atoms with E-state index in [4.69, 9.17) is 5.11 Å². The Morgan fingerprint density at radius 2 is 1.03 bits per heavy atom. The molecule has 0 unspecified atom stereocenters. The van der Waals surface area contributed by atoms with Crippen LogP contribution >= 0.6 is 0 Å². The summed E-state index contributed by atoms with van der Waals surface area (Å²) in [5.41, 5.74) is 0.803. The number of carboxylic acid groups (broad SMARTS) is 6. The Hall–Kier alpha value is -6.96. The van der Waals surface area contributed by atoms with Gasteiger partial charge in [-0.2, -0.15) is 0 Å². The van der Waals surface area contributed by atoms with Crippen LogP contribution in [-0.2, 0) is 49.6 Å². The number of nitrogens with zero attached hydrogens (tertiary/aromatic N) is 4. The molecule has 1 heterocycles. The second-order valence-electron chi connectivity index (χ2n) is 18.9. The average molecular weight is 1040 g/mol. The molecule has 3 atom stereocenters. The van der Waals surface area contributed by atoms with Crippen LogP contribution in [0.5, 0.6) is 0 Å². The molecule has 25 heteroatoms. The first-order valence-corrected chi connectivity index (χ1v) is 24.9. The Labute approximate surface area is 428 Å². The number of rotatable bonds is 27. The van der Waals surface area contributed by atoms with Crippen LogP contribution < -0.4 is 26.6 Å². The van der Waals surface area contributed by atoms with Gasteiger partial charge in [-0.1, -0.05) is 42.5 Å². The SMILES string of the molecule is O=C(O)CC[C@H](NC(=O)N[C@@H](CCCCNC(=O)[C@@H](Cc1ccc2ccccc2c1)NC(=O)[C@H]1CC[C@H](CNC(=O)CN2CCN(CC(=O)O)CCN(CC(=O)O)CCN(CC(=O)O)CC2)CC1)C(=O)O)C(=O)O. The molecule has 2 aliphatic rings. The van der Waals surface area contributed by atoms with Gasteiger partial charge in [-0.15, -0.1) is 0 Å². The number of amides is 5. The van der Waals surface area contributed by atoms with Crippen molar-refractivity contribution in [3.05, 3.63) is 48.0 Å². The molecular formula is C49H71N9O16. The molecule has 4 rings (SSSR count). The Morgan fingerprint density at radius 1 is 0.527 bits per heavy atom. The van der Waals surface area contributed by atoms with Crippen LogP contribution in [0.25, 0.3) is 10.8 Å². The molecule has 1 aliphatic heterocycles. The van der Waals surface area contributed by atoms with E-state index in [1.165, 1.54) is 0 Å². The van der Waals surface area contributed by atoms with Crippen LogP contribution in [0.3, 0.4) is 0 Å². The van der Waals surface area contributed by atoms with Crippen molar-refractivity contribution >= 4 is 70.3 Å². The largest absolute Gasteiger partial charge is 0.481 e. The van der Waals surface area contributed by atoms with E-state index in [9.17, 15) is 73.5 Å². The summed E-state index contributed by atoms with van der Waals surface area (Å²) in [7, 11) is 0. The summed E-state index contributed by atoms with van der Waals surface area (Å²) in [6, 6.07) is 8.44. The van der Waals surface area contributed by atoms with Crippen molar-refractivity contribution in [1.29, 1.82) is 0 Å². The molecule has 25 nitrogen and oxygen atoms in total. The summed E-state index contributed by atoms with van der Waals surface area (Å²) in [5.74, 6) is -8.66. The van der Waals surface area contributed by atoms with Gasteiger partial charge in [0.25, 0.3) is 0 Å². The van der Waals surface area contributed by atoms with Crippen molar-refractivity contribution in [2.75, 3.05) is 91.6 Å². The maximum atomic E-state index is 13.8. The molecule has 0 radical (unpaired) electrons. The highest BCUT2D eigenvalue weighted by molar-refractivity contribution is 5.90. The third-order valence-corrected chi connectivity index (χ3v) is 13.1. The average Bonchev–Trinajstić information content (AvgIpc) is 3.34. The lowest BCUT2D eigenvalue weighted by Crippen LogP contribution is -2.51. The standard InChI is InChI=1S/C49H71N9O16/c59-40(28-55-17-19-56(29-42(62)63)21-23-58(31-44(66)67)24-22-57(20-18-55)30-43(64)65)51-27-32-8-12-35(13-9-32)45(68)52-39(26-33-10-11-34-5-1-2-6-36(34)25-33)46(69)50-16-4-3-7-37(47(70)71)53-49(74)54-38(48(72)73)14-15-41(60)61/h1-2,5-6,10-11,25,32,35,37-39H,3-4,7-9,12-24,26-31H2,(H,50,69)(H,51,59)(H,52,68)(H,60,61)(H,62,63)(H,64,65)(H,66,67)(H,70,71)(H,72,73)(H2,53,54,74)/t32-,35-,37-,38-,39+/m0/s1. The zero-order valence-corrected chi connectivity index (χ0v) is 41.5. The van der Waals surface area contributed by atoms with E-state index in [1.54, 1.807) is 14.7 Å². The van der Waals surface area contributed by atoms with Crippen LogP contribution in [0.1, 0.15) is 63.4 Å². The quantitative estimate of drug-likeness (QED) is 0.0508. The van der Waals surface area contributed by atoms with Gasteiger partial charge in [-0.3, -0.25) is 53.2 Å². The molecule has 1 saturated heterocycles. The van der Waals surface area contributed by atoms with E-state index in [0.717, 1.165) is 16.3 Å². The fraction of sp³-hybridized carbons (Fsp3) is 0.592. The summed E-state index contributed by atoms with van der Waals surface area (Å²) in [6.07, 6.45) is 1.91. The first kappa shape index (κ1) is 59.6. The Kier molecular flexibility index (Phi) is 24.9. The number of hydrogen-bond acceptors (Lipinski definition) is 14. The third-order valence-electron chi connectivity index (χ3n) is 13.1. The van der Waals surface area contributed by atoms with E-state index in [0.29, 0.717) is 45.3 Å². The number of carboxylic acids is 6. The van der Waals surface area contributed by atoms with Crippen molar-refractivity contribution in [2.24, 2.45) is 11.8 Å². The molecule has 74 heavy (non-hydrogen) atoms. The highest BCUT2D eigenvalue weighted by Gasteiger charge is 2.31. The van der Waals surface area contributed by atoms with Gasteiger partial charge in [0, 0.05) is 84.2 Å². The molecule has 1 saturated carbocycles. The van der Waals surface area contributed by atoms with Gasteiger partial charge in [0.15, 0.2) is 0 Å². The minimum Gasteiger partial charge on any atom is -0.481 e. The topological polar surface area (TPSA) is 365 Å². The number of hydrogen-bond donors (Lipinski definition) is 11. The molecule has 0 spiro atoms. The Morgan fingerprint density at radius 3 is 1.53 bits per heavy atom. The fourth-order valence-corrected chi connectivity index (χ4v) is 8.98. The molecule has 2 fully saturated rings. The van der Waals surface area contributed by atoms with Crippen molar-refractivity contribution in [1.82, 2.24) is 46.2 Å². The van der Waals surface area contributed by atoms with Gasteiger partial charge in [0.05, 0.1) is 26.2 Å². The van der Waals surface area contributed by atoms with Crippen molar-refractivity contribution in [3.8, 4) is 0 Å². The minimum atomic E-state index is -1.55. The summed E-state index contributed by atoms with van der Waals surface area (Å²) < 4.78 is 0. The van der Waals surface area contributed by atoms with E-state index in [-0.39, 0.29) is 115 Å². The highest BCUT2D eigenvalue weighted by Crippen LogP contribution is 2.29. The summed E-state index contributed by atoms with van der Waals surface area (Å²) in [5, 5.41) is 71.4. The normalized spacial score (nSPS) is 18.8. The van der Waals surface area contributed by atoms with Crippen LogP contribution in [0.4, 0.5) is 4.79 Å². The maximum absolute atomic E-state index is 13.8.